The first-order valence-corrected chi connectivity index (χ1v) is 12.9. The number of ether oxygens (including phenoxy) is 1. The lowest BCUT2D eigenvalue weighted by Crippen LogP contribution is -2.39. The van der Waals surface area contributed by atoms with Crippen molar-refractivity contribution in [1.29, 1.82) is 0 Å². The van der Waals surface area contributed by atoms with Crippen LogP contribution in [-0.2, 0) is 31.4 Å². The van der Waals surface area contributed by atoms with Crippen LogP contribution in [0.4, 0.5) is 5.69 Å². The number of rotatable bonds is 9. The molecule has 1 atom stereocenters. The summed E-state index contributed by atoms with van der Waals surface area (Å²) in [6, 6.07) is 14.2. The van der Waals surface area contributed by atoms with Crippen LogP contribution in [0.5, 0.6) is 0 Å². The Morgan fingerprint density at radius 1 is 1.09 bits per heavy atom. The van der Waals surface area contributed by atoms with E-state index in [1.54, 1.807) is 24.3 Å². The van der Waals surface area contributed by atoms with E-state index in [0.717, 1.165) is 49.8 Å². The number of hydrogen-bond acceptors (Lipinski definition) is 4. The monoisotopic (exact) mass is 456 g/mol. The van der Waals surface area contributed by atoms with Crippen molar-refractivity contribution < 1.29 is 17.9 Å². The predicted octanol–water partition coefficient (Wildman–Crippen LogP) is 4.01. The molecule has 0 bridgehead atoms. The number of carbonyl (C=O) groups excluding carboxylic acids is 1. The number of anilines is 1. The fourth-order valence-corrected chi connectivity index (χ4v) is 5.36. The molecule has 1 saturated heterocycles. The van der Waals surface area contributed by atoms with Crippen molar-refractivity contribution in [3.8, 4) is 0 Å². The van der Waals surface area contributed by atoms with E-state index < -0.39 is 15.4 Å². The maximum Gasteiger partial charge on any atom is 0.261 e. The molecule has 4 rings (SSSR count). The molecule has 2 fully saturated rings. The van der Waals surface area contributed by atoms with Gasteiger partial charge in [-0.15, -0.1) is 0 Å². The Balaban J connectivity index is 1.39. The molecule has 2 N–H and O–H groups in total. The van der Waals surface area contributed by atoms with Crippen LogP contribution in [-0.4, -0.2) is 33.6 Å². The molecule has 6 nitrogen and oxygen atoms in total. The molecule has 0 aromatic heterocycles. The van der Waals surface area contributed by atoms with E-state index in [1.165, 1.54) is 0 Å². The molecule has 1 heterocycles. The first-order chi connectivity index (χ1) is 15.3. The van der Waals surface area contributed by atoms with Crippen molar-refractivity contribution in [1.82, 2.24) is 5.32 Å². The topological polar surface area (TPSA) is 84.5 Å². The van der Waals surface area contributed by atoms with E-state index in [0.29, 0.717) is 18.2 Å². The summed E-state index contributed by atoms with van der Waals surface area (Å²) < 4.78 is 33.7. The molecule has 0 spiro atoms. The van der Waals surface area contributed by atoms with Crippen molar-refractivity contribution in [2.75, 3.05) is 17.9 Å². The Morgan fingerprint density at radius 2 is 1.78 bits per heavy atom. The molecule has 1 saturated carbocycles. The average Bonchev–Trinajstić information content (AvgIpc) is 3.40. The van der Waals surface area contributed by atoms with Gasteiger partial charge < -0.3 is 10.1 Å². The zero-order valence-electron chi connectivity index (χ0n) is 18.8. The summed E-state index contributed by atoms with van der Waals surface area (Å²) in [5.74, 6) is 0.546. The number of hydrogen-bond donors (Lipinski definition) is 2. The quantitative estimate of drug-likeness (QED) is 0.597. The van der Waals surface area contributed by atoms with Gasteiger partial charge in [0.25, 0.3) is 10.0 Å². The molecular formula is C25H32N2O4S. The summed E-state index contributed by atoms with van der Waals surface area (Å²) in [5.41, 5.74) is 2.03. The van der Waals surface area contributed by atoms with Crippen molar-refractivity contribution in [3.05, 3.63) is 59.7 Å². The van der Waals surface area contributed by atoms with Crippen LogP contribution in [0.15, 0.2) is 53.4 Å². The molecule has 1 aliphatic carbocycles. The van der Waals surface area contributed by atoms with Gasteiger partial charge in [0, 0.05) is 18.8 Å². The first-order valence-electron chi connectivity index (χ1n) is 11.4. The average molecular weight is 457 g/mol. The lowest BCUT2D eigenvalue weighted by Gasteiger charge is -2.18. The normalized spacial score (nSPS) is 19.7. The predicted molar refractivity (Wildman–Crippen MR) is 125 cm³/mol. The van der Waals surface area contributed by atoms with Gasteiger partial charge in [-0.25, -0.2) is 8.42 Å². The summed E-state index contributed by atoms with van der Waals surface area (Å²) >= 11 is 0. The van der Waals surface area contributed by atoms with Gasteiger partial charge in [0.2, 0.25) is 5.91 Å². The SMILES string of the molecule is CC(C)Cc1ccc(S(=O)(=O)Nc2ccc(C3(C(=O)NC[C@@H]4CCCO4)CC3)cc2)cc1. The van der Waals surface area contributed by atoms with E-state index in [4.69, 9.17) is 4.74 Å². The van der Waals surface area contributed by atoms with Crippen LogP contribution in [0.2, 0.25) is 0 Å². The zero-order valence-corrected chi connectivity index (χ0v) is 19.6. The smallest absolute Gasteiger partial charge is 0.261 e. The summed E-state index contributed by atoms with van der Waals surface area (Å²) in [5, 5.41) is 3.04. The molecule has 0 unspecified atom stereocenters. The minimum absolute atomic E-state index is 0.0304. The largest absolute Gasteiger partial charge is 0.376 e. The minimum atomic E-state index is -3.67. The maximum atomic E-state index is 12.8. The highest BCUT2D eigenvalue weighted by atomic mass is 32.2. The molecule has 7 heteroatoms. The second-order valence-electron chi connectivity index (χ2n) is 9.35. The maximum absolute atomic E-state index is 12.8. The van der Waals surface area contributed by atoms with Gasteiger partial charge in [0.15, 0.2) is 0 Å². The fraction of sp³-hybridized carbons (Fsp3) is 0.480. The van der Waals surface area contributed by atoms with Gasteiger partial charge in [-0.1, -0.05) is 38.1 Å². The number of carbonyl (C=O) groups is 1. The van der Waals surface area contributed by atoms with Crippen LogP contribution in [0, 0.1) is 5.92 Å². The van der Waals surface area contributed by atoms with Crippen LogP contribution < -0.4 is 10.0 Å². The Kier molecular flexibility index (Phi) is 6.58. The summed E-state index contributed by atoms with van der Waals surface area (Å²) in [4.78, 5) is 13.0. The highest BCUT2D eigenvalue weighted by Gasteiger charge is 2.51. The third-order valence-electron chi connectivity index (χ3n) is 6.27. The summed E-state index contributed by atoms with van der Waals surface area (Å²) in [6.07, 6.45) is 4.67. The molecule has 1 amide bonds. The second kappa shape index (κ2) is 9.24. The van der Waals surface area contributed by atoms with Crippen LogP contribution >= 0.6 is 0 Å². The number of benzene rings is 2. The van der Waals surface area contributed by atoms with Crippen molar-refractivity contribution in [2.45, 2.75) is 62.4 Å². The second-order valence-corrected chi connectivity index (χ2v) is 11.0. The van der Waals surface area contributed by atoms with Gasteiger partial charge in [0.1, 0.15) is 0 Å². The third kappa shape index (κ3) is 5.15. The Bertz CT molecular complexity index is 1040. The van der Waals surface area contributed by atoms with Gasteiger partial charge in [0.05, 0.1) is 16.4 Å². The van der Waals surface area contributed by atoms with E-state index in [2.05, 4.69) is 23.9 Å². The van der Waals surface area contributed by atoms with Crippen LogP contribution in [0.3, 0.4) is 0 Å². The lowest BCUT2D eigenvalue weighted by molar-refractivity contribution is -0.124. The molecular weight excluding hydrogens is 424 g/mol. The zero-order chi connectivity index (χ0) is 22.8. The highest BCUT2D eigenvalue weighted by molar-refractivity contribution is 7.92. The van der Waals surface area contributed by atoms with E-state index >= 15 is 0 Å². The van der Waals surface area contributed by atoms with Gasteiger partial charge in [-0.3, -0.25) is 9.52 Å². The van der Waals surface area contributed by atoms with Gasteiger partial charge in [-0.05, 0) is 73.4 Å². The van der Waals surface area contributed by atoms with E-state index in [1.807, 2.05) is 24.3 Å². The number of amides is 1. The third-order valence-corrected chi connectivity index (χ3v) is 7.66. The van der Waals surface area contributed by atoms with Crippen LogP contribution in [0.1, 0.15) is 50.7 Å². The number of sulfonamides is 1. The summed E-state index contributed by atoms with van der Waals surface area (Å²) in [6.45, 7) is 5.59. The van der Waals surface area contributed by atoms with Gasteiger partial charge in [-0.2, -0.15) is 0 Å². The van der Waals surface area contributed by atoms with Crippen LogP contribution in [0.25, 0.3) is 0 Å². The van der Waals surface area contributed by atoms with E-state index in [9.17, 15) is 13.2 Å². The first kappa shape index (κ1) is 22.8. The lowest BCUT2D eigenvalue weighted by atomic mass is 9.94. The Labute approximate surface area is 190 Å². The Morgan fingerprint density at radius 3 is 2.34 bits per heavy atom. The highest BCUT2D eigenvalue weighted by Crippen LogP contribution is 2.48. The molecule has 2 aliphatic rings. The van der Waals surface area contributed by atoms with Gasteiger partial charge >= 0.3 is 0 Å². The van der Waals surface area contributed by atoms with Crippen molar-refractivity contribution >= 4 is 21.6 Å². The molecule has 32 heavy (non-hydrogen) atoms. The van der Waals surface area contributed by atoms with E-state index in [-0.39, 0.29) is 16.9 Å². The van der Waals surface area contributed by atoms with Crippen molar-refractivity contribution in [2.24, 2.45) is 5.92 Å². The van der Waals surface area contributed by atoms with Crippen molar-refractivity contribution in [3.63, 3.8) is 0 Å². The standard InChI is InChI=1S/C25H32N2O4S/c1-18(2)16-19-5-11-23(12-6-19)32(29,30)27-21-9-7-20(8-10-21)25(13-14-25)24(28)26-17-22-4-3-15-31-22/h5-12,18,22,27H,3-4,13-17H2,1-2H3,(H,26,28)/t22-/m0/s1. The fourth-order valence-electron chi connectivity index (χ4n) is 4.30. The Hall–Kier alpha value is -2.38. The molecule has 0 radical (unpaired) electrons. The number of nitrogens with one attached hydrogen (secondary N) is 2. The molecule has 2 aromatic carbocycles. The molecule has 1 aliphatic heterocycles. The molecule has 172 valence electrons. The summed E-state index contributed by atoms with van der Waals surface area (Å²) in [7, 11) is -3.67. The minimum Gasteiger partial charge on any atom is -0.376 e. The molecule has 2 aromatic rings.